The van der Waals surface area contributed by atoms with E-state index in [4.69, 9.17) is 10.5 Å². The molecule has 0 aliphatic carbocycles. The van der Waals surface area contributed by atoms with Crippen molar-refractivity contribution in [3.63, 3.8) is 0 Å². The maximum atomic E-state index is 12.5. The number of hydrogen-bond acceptors (Lipinski definition) is 4. The molecular weight excluding hydrogens is 296 g/mol. The monoisotopic (exact) mass is 316 g/mol. The lowest BCUT2D eigenvalue weighted by atomic mass is 9.89. The Hall–Kier alpha value is -0.750. The van der Waals surface area contributed by atoms with Gasteiger partial charge in [-0.3, -0.25) is 4.79 Å². The van der Waals surface area contributed by atoms with Crippen LogP contribution in [0.2, 0.25) is 0 Å². The minimum Gasteiger partial charge on any atom is -0.381 e. The van der Waals surface area contributed by atoms with E-state index in [1.54, 1.807) is 23.7 Å². The second kappa shape index (κ2) is 7.31. The van der Waals surface area contributed by atoms with E-state index >= 15 is 0 Å². The highest BCUT2D eigenvalue weighted by molar-refractivity contribution is 7.98. The molecule has 1 fully saturated rings. The third kappa shape index (κ3) is 3.67. The molecule has 4 nitrogen and oxygen atoms in total. The summed E-state index contributed by atoms with van der Waals surface area (Å²) in [6.07, 6.45) is 3.19. The van der Waals surface area contributed by atoms with E-state index in [2.05, 4.69) is 0 Å². The van der Waals surface area contributed by atoms with Crippen LogP contribution < -0.4 is 10.6 Å². The quantitative estimate of drug-likeness (QED) is 0.869. The zero-order valence-corrected chi connectivity index (χ0v) is 13.4. The molecule has 0 saturated carbocycles. The van der Waals surface area contributed by atoms with Gasteiger partial charge < -0.3 is 15.4 Å². The maximum Gasteiger partial charge on any atom is 0.246 e. The highest BCUT2D eigenvalue weighted by Gasteiger charge is 2.38. The first-order valence-corrected chi connectivity index (χ1v) is 7.58. The number of nitrogens with two attached hydrogens (primary N) is 1. The Kier molecular flexibility index (Phi) is 6.33. The lowest BCUT2D eigenvalue weighted by molar-refractivity contribution is -0.126. The Morgan fingerprint density at radius 3 is 2.35 bits per heavy atom. The number of halogens is 1. The van der Waals surface area contributed by atoms with E-state index in [1.807, 2.05) is 30.5 Å². The molecule has 0 atom stereocenters. The van der Waals surface area contributed by atoms with Crippen molar-refractivity contribution in [3.8, 4) is 0 Å². The van der Waals surface area contributed by atoms with E-state index in [9.17, 15) is 4.79 Å². The molecular formula is C14H21ClN2O2S. The molecule has 20 heavy (non-hydrogen) atoms. The predicted octanol–water partition coefficient (Wildman–Crippen LogP) is 2.30. The van der Waals surface area contributed by atoms with Crippen molar-refractivity contribution in [3.05, 3.63) is 24.3 Å². The Morgan fingerprint density at radius 1 is 1.30 bits per heavy atom. The predicted molar refractivity (Wildman–Crippen MR) is 85.9 cm³/mol. The molecule has 0 aromatic heterocycles. The van der Waals surface area contributed by atoms with E-state index in [-0.39, 0.29) is 18.3 Å². The summed E-state index contributed by atoms with van der Waals surface area (Å²) in [7, 11) is 1.78. The number of hydrogen-bond donors (Lipinski definition) is 1. The van der Waals surface area contributed by atoms with Gasteiger partial charge in [-0.25, -0.2) is 0 Å². The summed E-state index contributed by atoms with van der Waals surface area (Å²) < 4.78 is 5.28. The van der Waals surface area contributed by atoms with E-state index in [0.29, 0.717) is 26.1 Å². The first-order valence-electron chi connectivity index (χ1n) is 6.36. The number of thioether (sulfide) groups is 1. The number of likely N-dealkylation sites (N-methyl/N-ethyl adjacent to an activating group) is 1. The number of anilines is 1. The third-order valence-electron chi connectivity index (χ3n) is 3.58. The van der Waals surface area contributed by atoms with Gasteiger partial charge in [0, 0.05) is 30.8 Å². The molecule has 0 bridgehead atoms. The van der Waals surface area contributed by atoms with E-state index in [1.165, 1.54) is 4.90 Å². The zero-order valence-electron chi connectivity index (χ0n) is 11.8. The van der Waals surface area contributed by atoms with Gasteiger partial charge in [-0.1, -0.05) is 0 Å². The highest BCUT2D eigenvalue weighted by Crippen LogP contribution is 2.25. The van der Waals surface area contributed by atoms with Crippen LogP contribution >= 0.6 is 24.2 Å². The van der Waals surface area contributed by atoms with Crippen molar-refractivity contribution < 1.29 is 9.53 Å². The molecule has 6 heteroatoms. The minimum absolute atomic E-state index is 0. The van der Waals surface area contributed by atoms with Crippen molar-refractivity contribution >= 4 is 35.8 Å². The summed E-state index contributed by atoms with van der Waals surface area (Å²) in [4.78, 5) is 15.3. The van der Waals surface area contributed by atoms with Crippen LogP contribution in [0.5, 0.6) is 0 Å². The maximum absolute atomic E-state index is 12.5. The third-order valence-corrected chi connectivity index (χ3v) is 4.32. The number of benzene rings is 1. The molecule has 1 aromatic rings. The van der Waals surface area contributed by atoms with E-state index < -0.39 is 5.54 Å². The molecule has 0 spiro atoms. The topological polar surface area (TPSA) is 55.6 Å². The standard InChI is InChI=1S/C14H20N2O2S.ClH/c1-16(11-3-5-12(19-2)6-4-11)13(17)14(15)7-9-18-10-8-14;/h3-6H,7-10,15H2,1-2H3;1H. The van der Waals surface area contributed by atoms with Crippen LogP contribution in [0, 0.1) is 0 Å². The van der Waals surface area contributed by atoms with Crippen LogP contribution in [0.1, 0.15) is 12.8 Å². The second-order valence-electron chi connectivity index (χ2n) is 4.83. The van der Waals surface area contributed by atoms with Crippen LogP contribution in [-0.4, -0.2) is 38.0 Å². The first-order chi connectivity index (χ1) is 9.07. The van der Waals surface area contributed by atoms with Gasteiger partial charge in [0.15, 0.2) is 0 Å². The van der Waals surface area contributed by atoms with Gasteiger partial charge in [-0.15, -0.1) is 24.2 Å². The molecule has 1 aliphatic rings. The molecule has 1 aromatic carbocycles. The van der Waals surface area contributed by atoms with Gasteiger partial charge in [0.25, 0.3) is 0 Å². The normalized spacial score (nSPS) is 17.1. The first kappa shape index (κ1) is 17.3. The average Bonchev–Trinajstić information content (AvgIpc) is 2.46. The van der Waals surface area contributed by atoms with Gasteiger partial charge in [0.05, 0.1) is 0 Å². The van der Waals surface area contributed by atoms with Crippen molar-refractivity contribution in [2.75, 3.05) is 31.4 Å². The fourth-order valence-electron chi connectivity index (χ4n) is 2.21. The smallest absolute Gasteiger partial charge is 0.246 e. The van der Waals surface area contributed by atoms with Crippen LogP contribution in [0.3, 0.4) is 0 Å². The SMILES string of the molecule is CSc1ccc(N(C)C(=O)C2(N)CCOCC2)cc1.Cl. The van der Waals surface area contributed by atoms with Crippen molar-refractivity contribution in [1.82, 2.24) is 0 Å². The fourth-order valence-corrected chi connectivity index (χ4v) is 2.61. The number of amides is 1. The second-order valence-corrected chi connectivity index (χ2v) is 5.71. The van der Waals surface area contributed by atoms with Gasteiger partial charge in [0.2, 0.25) is 5.91 Å². The summed E-state index contributed by atoms with van der Waals surface area (Å²) in [5.74, 6) is -0.0345. The summed E-state index contributed by atoms with van der Waals surface area (Å²) in [6, 6.07) is 7.92. The van der Waals surface area contributed by atoms with Crippen LogP contribution in [0.25, 0.3) is 0 Å². The number of nitrogens with zero attached hydrogens (tertiary/aromatic N) is 1. The van der Waals surface area contributed by atoms with Gasteiger partial charge in [-0.05, 0) is 43.4 Å². The summed E-state index contributed by atoms with van der Waals surface area (Å²) >= 11 is 1.68. The Labute approximate surface area is 130 Å². The van der Waals surface area contributed by atoms with Crippen LogP contribution in [0.4, 0.5) is 5.69 Å². The molecule has 1 heterocycles. The molecule has 1 saturated heterocycles. The molecule has 1 aliphatic heterocycles. The summed E-state index contributed by atoms with van der Waals surface area (Å²) in [6.45, 7) is 1.11. The Bertz CT molecular complexity index is 447. The molecule has 2 rings (SSSR count). The number of ether oxygens (including phenoxy) is 1. The van der Waals surface area contributed by atoms with Crippen molar-refractivity contribution in [1.29, 1.82) is 0 Å². The number of carbonyl (C=O) groups excluding carboxylic acids is 1. The molecule has 0 radical (unpaired) electrons. The lowest BCUT2D eigenvalue weighted by Crippen LogP contribution is -2.57. The molecule has 0 unspecified atom stereocenters. The largest absolute Gasteiger partial charge is 0.381 e. The van der Waals surface area contributed by atoms with Crippen LogP contribution in [0.15, 0.2) is 29.2 Å². The van der Waals surface area contributed by atoms with Gasteiger partial charge >= 0.3 is 0 Å². The van der Waals surface area contributed by atoms with E-state index in [0.717, 1.165) is 5.69 Å². The summed E-state index contributed by atoms with van der Waals surface area (Å²) in [5.41, 5.74) is 6.31. The van der Waals surface area contributed by atoms with Gasteiger partial charge in [-0.2, -0.15) is 0 Å². The van der Waals surface area contributed by atoms with Crippen molar-refractivity contribution in [2.45, 2.75) is 23.3 Å². The minimum atomic E-state index is -0.787. The fraction of sp³-hybridized carbons (Fsp3) is 0.500. The Balaban J connectivity index is 0.00000200. The number of rotatable bonds is 3. The lowest BCUT2D eigenvalue weighted by Gasteiger charge is -2.35. The zero-order chi connectivity index (χ0) is 13.9. The molecule has 112 valence electrons. The molecule has 1 amide bonds. The summed E-state index contributed by atoms with van der Waals surface area (Å²) in [5, 5.41) is 0. The average molecular weight is 317 g/mol. The van der Waals surface area contributed by atoms with Crippen LogP contribution in [-0.2, 0) is 9.53 Å². The molecule has 2 N–H and O–H groups in total. The number of carbonyl (C=O) groups is 1. The Morgan fingerprint density at radius 2 is 1.85 bits per heavy atom. The van der Waals surface area contributed by atoms with Crippen molar-refractivity contribution in [2.24, 2.45) is 5.73 Å². The highest BCUT2D eigenvalue weighted by atomic mass is 35.5. The van der Waals surface area contributed by atoms with Gasteiger partial charge in [0.1, 0.15) is 5.54 Å².